The molecule has 0 spiro atoms. The van der Waals surface area contributed by atoms with E-state index >= 15 is 0 Å². The van der Waals surface area contributed by atoms with E-state index in [1.807, 2.05) is 37.8 Å². The predicted molar refractivity (Wildman–Crippen MR) is 136 cm³/mol. The van der Waals surface area contributed by atoms with Crippen LogP contribution in [0.15, 0.2) is 36.4 Å². The number of rotatable bonds is 3. The Morgan fingerprint density at radius 1 is 1.06 bits per heavy atom. The molecule has 1 aliphatic rings. The van der Waals surface area contributed by atoms with Crippen molar-refractivity contribution in [1.29, 1.82) is 0 Å². The smallest absolute Gasteiger partial charge is 0.237 e. The monoisotopic (exact) mass is 482 g/mol. The highest BCUT2D eigenvalue weighted by molar-refractivity contribution is 5.79. The Morgan fingerprint density at radius 3 is 2.11 bits per heavy atom. The first-order chi connectivity index (χ1) is 16.4. The summed E-state index contributed by atoms with van der Waals surface area (Å²) in [5.41, 5.74) is 10.3. The van der Waals surface area contributed by atoms with Gasteiger partial charge in [-0.05, 0) is 75.9 Å². The molecule has 0 aliphatic carbocycles. The van der Waals surface area contributed by atoms with Crippen LogP contribution in [0.4, 0.5) is 8.78 Å². The molecule has 0 unspecified atom stereocenters. The summed E-state index contributed by atoms with van der Waals surface area (Å²) in [6.07, 6.45) is 0. The zero-order valence-corrected chi connectivity index (χ0v) is 21.7. The number of aryl methyl sites for hydroxylation is 3. The van der Waals surface area contributed by atoms with Crippen LogP contribution in [0.5, 0.6) is 0 Å². The third-order valence-corrected chi connectivity index (χ3v) is 6.52. The molecule has 0 saturated carbocycles. The summed E-state index contributed by atoms with van der Waals surface area (Å²) in [6.45, 7) is 15.1. The number of carbonyl (C=O) groups is 1. The average Bonchev–Trinajstić information content (AvgIpc) is 3.20. The zero-order chi connectivity index (χ0) is 26.1. The highest BCUT2D eigenvalue weighted by atomic mass is 19.1. The molecule has 1 amide bonds. The van der Waals surface area contributed by atoms with Crippen LogP contribution in [0, 0.1) is 32.4 Å². The summed E-state index contributed by atoms with van der Waals surface area (Å²) in [7, 11) is 0. The first-order valence-electron chi connectivity index (χ1n) is 12.0. The van der Waals surface area contributed by atoms with Gasteiger partial charge >= 0.3 is 0 Å². The van der Waals surface area contributed by atoms with Crippen molar-refractivity contribution < 1.29 is 13.6 Å². The van der Waals surface area contributed by atoms with Crippen LogP contribution in [-0.4, -0.2) is 33.4 Å². The molecule has 3 aromatic rings. The molecular weight excluding hydrogens is 446 g/mol. The molecule has 4 rings (SSSR count). The van der Waals surface area contributed by atoms with E-state index in [-0.39, 0.29) is 30.0 Å². The lowest BCUT2D eigenvalue weighted by atomic mass is 9.98. The lowest BCUT2D eigenvalue weighted by Crippen LogP contribution is -2.53. The van der Waals surface area contributed by atoms with Crippen molar-refractivity contribution in [2.45, 2.75) is 66.5 Å². The van der Waals surface area contributed by atoms with Crippen molar-refractivity contribution in [3.63, 3.8) is 0 Å². The largest absolute Gasteiger partial charge is 0.327 e. The molecule has 2 aromatic carbocycles. The fraction of sp³-hybridized carbons (Fsp3) is 0.429. The first kappa shape index (κ1) is 26.5. The van der Waals surface area contributed by atoms with E-state index in [0.29, 0.717) is 24.2 Å². The van der Waals surface area contributed by atoms with Crippen molar-refractivity contribution >= 4 is 5.91 Å². The minimum absolute atomic E-state index is 0.00954. The Kier molecular flexibility index (Phi) is 7.80. The second kappa shape index (κ2) is 10.3. The summed E-state index contributed by atoms with van der Waals surface area (Å²) in [5.74, 6) is 0.688. The van der Waals surface area contributed by atoms with Gasteiger partial charge in [0.25, 0.3) is 0 Å². The minimum atomic E-state index is -0.555. The molecule has 35 heavy (non-hydrogen) atoms. The molecule has 1 aromatic heterocycles. The predicted octanol–water partition coefficient (Wildman–Crippen LogP) is 5.60. The number of carbonyl (C=O) groups excluding carboxylic acids is 1. The van der Waals surface area contributed by atoms with Crippen LogP contribution >= 0.6 is 0 Å². The highest BCUT2D eigenvalue weighted by Crippen LogP contribution is 2.39. The lowest BCUT2D eigenvalue weighted by Gasteiger charge is -2.42. The number of benzene rings is 2. The highest BCUT2D eigenvalue weighted by Gasteiger charge is 2.41. The fourth-order valence-corrected chi connectivity index (χ4v) is 4.72. The topological polar surface area (TPSA) is 64.2 Å². The molecule has 2 N–H and O–H groups in total. The number of nitrogens with two attached hydrogens (primary N) is 1. The van der Waals surface area contributed by atoms with Crippen molar-refractivity contribution in [3.05, 3.63) is 76.2 Å². The number of hydrogen-bond acceptors (Lipinski definition) is 3. The van der Waals surface area contributed by atoms with Gasteiger partial charge < -0.3 is 15.2 Å². The van der Waals surface area contributed by atoms with Crippen molar-refractivity contribution in [3.8, 4) is 11.3 Å². The Balaban J connectivity index is 0.000000363. The third-order valence-electron chi connectivity index (χ3n) is 6.52. The summed E-state index contributed by atoms with van der Waals surface area (Å²) < 4.78 is 28.5. The summed E-state index contributed by atoms with van der Waals surface area (Å²) >= 11 is 0. The van der Waals surface area contributed by atoms with E-state index in [9.17, 15) is 13.6 Å². The molecular formula is C28H36F2N4O. The van der Waals surface area contributed by atoms with Crippen molar-refractivity contribution in [2.75, 3.05) is 13.1 Å². The van der Waals surface area contributed by atoms with Gasteiger partial charge in [-0.15, -0.1) is 0 Å². The first-order valence-corrected chi connectivity index (χ1v) is 12.0. The van der Waals surface area contributed by atoms with E-state index in [4.69, 9.17) is 10.7 Å². The summed E-state index contributed by atoms with van der Waals surface area (Å²) in [4.78, 5) is 19.1. The van der Waals surface area contributed by atoms with Gasteiger partial charge in [0.15, 0.2) is 0 Å². The van der Waals surface area contributed by atoms with Gasteiger partial charge in [0.1, 0.15) is 17.5 Å². The Hall–Kier alpha value is -3.06. The molecule has 7 heteroatoms. The fourth-order valence-electron chi connectivity index (χ4n) is 4.72. The van der Waals surface area contributed by atoms with Gasteiger partial charge in [-0.1, -0.05) is 31.5 Å². The minimum Gasteiger partial charge on any atom is -0.327 e. The van der Waals surface area contributed by atoms with Crippen LogP contribution in [-0.2, 0) is 16.9 Å². The second-order valence-electron chi connectivity index (χ2n) is 10.0. The number of halogens is 2. The van der Waals surface area contributed by atoms with Crippen LogP contribution in [0.1, 0.15) is 61.8 Å². The molecule has 2 heterocycles. The van der Waals surface area contributed by atoms with Gasteiger partial charge in [0, 0.05) is 24.3 Å². The van der Waals surface area contributed by atoms with Crippen molar-refractivity contribution in [2.24, 2.45) is 5.73 Å². The maximum atomic E-state index is 14.1. The molecule has 0 bridgehead atoms. The van der Waals surface area contributed by atoms with E-state index in [2.05, 4.69) is 18.4 Å². The van der Waals surface area contributed by atoms with Gasteiger partial charge in [-0.25, -0.2) is 13.8 Å². The quantitative estimate of drug-likeness (QED) is 0.529. The van der Waals surface area contributed by atoms with Gasteiger partial charge in [0.05, 0.1) is 17.8 Å². The van der Waals surface area contributed by atoms with Crippen molar-refractivity contribution in [1.82, 2.24) is 14.5 Å². The number of amides is 1. The number of imidazole rings is 1. The number of nitrogens with zero attached hydrogens (tertiary/aromatic N) is 3. The number of aromatic nitrogens is 2. The molecule has 0 fully saturated rings. The normalized spacial score (nSPS) is 14.4. The Labute approximate surface area is 207 Å². The maximum Gasteiger partial charge on any atom is 0.237 e. The zero-order valence-electron chi connectivity index (χ0n) is 21.7. The van der Waals surface area contributed by atoms with Crippen LogP contribution in [0.2, 0.25) is 0 Å². The van der Waals surface area contributed by atoms with Crippen LogP contribution in [0.3, 0.4) is 0 Å². The van der Waals surface area contributed by atoms with Crippen LogP contribution in [0.25, 0.3) is 11.3 Å². The lowest BCUT2D eigenvalue weighted by molar-refractivity contribution is -0.137. The molecule has 1 aliphatic heterocycles. The SMILES string of the molecule is Cc1cc(-c2nc3n(c2C(C)C)CCN(C(=O)CN)C3(C)C)cc(C)c1F.Cc1ccc(F)cc1. The second-order valence-corrected chi connectivity index (χ2v) is 10.0. The molecule has 5 nitrogen and oxygen atoms in total. The third kappa shape index (κ3) is 5.30. The average molecular weight is 483 g/mol. The number of hydrogen-bond donors (Lipinski definition) is 1. The number of fused-ring (bicyclic) bond motifs is 1. The van der Waals surface area contributed by atoms with Crippen LogP contribution < -0.4 is 5.73 Å². The summed E-state index contributed by atoms with van der Waals surface area (Å²) in [6, 6.07) is 10.1. The van der Waals surface area contributed by atoms with Gasteiger partial charge in [-0.2, -0.15) is 0 Å². The van der Waals surface area contributed by atoms with Gasteiger partial charge in [0.2, 0.25) is 5.91 Å². The standard InChI is InChI=1S/C21H29FN4O.C7H7F/c1-12(2)19-18(15-9-13(3)17(22)14(4)10-15)24-20-21(5,6)26(16(27)11-23)8-7-25(19)20;1-6-2-4-7(8)5-3-6/h9-10,12H,7-8,11,23H2,1-6H3;2-5H,1H3. The molecule has 0 atom stereocenters. The Bertz CT molecular complexity index is 1170. The maximum absolute atomic E-state index is 14.1. The van der Waals surface area contributed by atoms with E-state index < -0.39 is 5.54 Å². The van der Waals surface area contributed by atoms with E-state index in [0.717, 1.165) is 28.3 Å². The summed E-state index contributed by atoms with van der Waals surface area (Å²) in [5, 5.41) is 0. The van der Waals surface area contributed by atoms with E-state index in [1.165, 1.54) is 12.1 Å². The van der Waals surface area contributed by atoms with Gasteiger partial charge in [-0.3, -0.25) is 4.79 Å². The Morgan fingerprint density at radius 2 is 1.63 bits per heavy atom. The molecule has 0 radical (unpaired) electrons. The molecule has 0 saturated heterocycles. The van der Waals surface area contributed by atoms with E-state index in [1.54, 1.807) is 26.0 Å². The molecule has 188 valence electrons.